The lowest BCUT2D eigenvalue weighted by atomic mass is 9.97. The molecule has 0 amide bonds. The summed E-state index contributed by atoms with van der Waals surface area (Å²) in [5.41, 5.74) is 0.315. The summed E-state index contributed by atoms with van der Waals surface area (Å²) in [4.78, 5) is 0. The second kappa shape index (κ2) is 5.94. The van der Waals surface area contributed by atoms with Gasteiger partial charge < -0.3 is 9.84 Å². The van der Waals surface area contributed by atoms with Crippen LogP contribution in [0.2, 0.25) is 0 Å². The van der Waals surface area contributed by atoms with Gasteiger partial charge in [-0.1, -0.05) is 15.9 Å². The molecule has 0 spiro atoms. The molecule has 1 atom stereocenters. The summed E-state index contributed by atoms with van der Waals surface area (Å²) < 4.78 is 19.1. The molecule has 0 saturated carbocycles. The van der Waals surface area contributed by atoms with Crippen LogP contribution in [0.25, 0.3) is 0 Å². The van der Waals surface area contributed by atoms with E-state index in [1.54, 1.807) is 13.2 Å². The number of methoxy groups -OCH3 is 1. The van der Waals surface area contributed by atoms with Crippen LogP contribution in [-0.2, 0) is 4.74 Å². The van der Waals surface area contributed by atoms with Gasteiger partial charge in [-0.3, -0.25) is 0 Å². The van der Waals surface area contributed by atoms with Gasteiger partial charge in [0.15, 0.2) is 0 Å². The molecule has 0 fully saturated rings. The minimum Gasteiger partial charge on any atom is -0.388 e. The predicted molar refractivity (Wildman–Crippen MR) is 69.4 cm³/mol. The molecule has 0 radical (unpaired) electrons. The first-order valence-electron chi connectivity index (χ1n) is 5.53. The van der Waals surface area contributed by atoms with E-state index in [-0.39, 0.29) is 11.4 Å². The lowest BCUT2D eigenvalue weighted by molar-refractivity contribution is 0.00276. The molecule has 0 aliphatic heterocycles. The van der Waals surface area contributed by atoms with Crippen molar-refractivity contribution in [3.05, 3.63) is 34.1 Å². The van der Waals surface area contributed by atoms with Crippen LogP contribution < -0.4 is 0 Å². The molecule has 0 aliphatic carbocycles. The van der Waals surface area contributed by atoms with Gasteiger partial charge in [0.1, 0.15) is 5.82 Å². The Morgan fingerprint density at radius 3 is 2.59 bits per heavy atom. The molecular formula is C13H18BrFO2. The van der Waals surface area contributed by atoms with Crippen molar-refractivity contribution in [1.82, 2.24) is 0 Å². The van der Waals surface area contributed by atoms with Gasteiger partial charge in [0, 0.05) is 11.6 Å². The van der Waals surface area contributed by atoms with E-state index in [4.69, 9.17) is 4.74 Å². The Labute approximate surface area is 110 Å². The summed E-state index contributed by atoms with van der Waals surface area (Å²) in [5, 5.41) is 9.99. The summed E-state index contributed by atoms with van der Waals surface area (Å²) >= 11 is 3.21. The molecule has 2 nitrogen and oxygen atoms in total. The van der Waals surface area contributed by atoms with Crippen LogP contribution in [0.1, 0.15) is 38.4 Å². The van der Waals surface area contributed by atoms with Crippen molar-refractivity contribution < 1.29 is 14.2 Å². The van der Waals surface area contributed by atoms with Crippen molar-refractivity contribution in [2.75, 3.05) is 7.11 Å². The molecule has 1 N–H and O–H groups in total. The van der Waals surface area contributed by atoms with E-state index in [9.17, 15) is 9.50 Å². The minimum absolute atomic E-state index is 0.272. The van der Waals surface area contributed by atoms with Crippen molar-refractivity contribution in [2.24, 2.45) is 0 Å². The number of hydrogen-bond acceptors (Lipinski definition) is 2. The highest BCUT2D eigenvalue weighted by molar-refractivity contribution is 9.10. The first kappa shape index (κ1) is 14.6. The number of aliphatic hydroxyl groups is 1. The lowest BCUT2D eigenvalue weighted by Crippen LogP contribution is -2.23. The maximum Gasteiger partial charge on any atom is 0.124 e. The fourth-order valence-corrected chi connectivity index (χ4v) is 2.00. The Bertz CT molecular complexity index is 359. The Hall–Kier alpha value is -0.450. The Morgan fingerprint density at radius 1 is 1.41 bits per heavy atom. The van der Waals surface area contributed by atoms with Gasteiger partial charge in [-0.05, 0) is 50.5 Å². The van der Waals surface area contributed by atoms with Gasteiger partial charge in [-0.25, -0.2) is 4.39 Å². The van der Waals surface area contributed by atoms with Crippen LogP contribution in [0.3, 0.4) is 0 Å². The molecular weight excluding hydrogens is 287 g/mol. The molecule has 0 aliphatic rings. The fourth-order valence-electron chi connectivity index (χ4n) is 1.52. The first-order valence-corrected chi connectivity index (χ1v) is 6.32. The Morgan fingerprint density at radius 2 is 2.06 bits per heavy atom. The predicted octanol–water partition coefficient (Wildman–Crippen LogP) is 3.83. The van der Waals surface area contributed by atoms with Crippen molar-refractivity contribution in [3.63, 3.8) is 0 Å². The van der Waals surface area contributed by atoms with E-state index in [1.807, 2.05) is 13.8 Å². The highest BCUT2D eigenvalue weighted by Gasteiger charge is 2.19. The molecule has 0 bridgehead atoms. The zero-order valence-corrected chi connectivity index (χ0v) is 11.9. The second-order valence-corrected chi connectivity index (χ2v) is 5.64. The zero-order valence-electron chi connectivity index (χ0n) is 10.3. The summed E-state index contributed by atoms with van der Waals surface area (Å²) in [6.45, 7) is 3.92. The monoisotopic (exact) mass is 304 g/mol. The fraction of sp³-hybridized carbons (Fsp3) is 0.538. The molecule has 1 aromatic carbocycles. The van der Waals surface area contributed by atoms with Crippen LogP contribution in [-0.4, -0.2) is 17.8 Å². The number of aliphatic hydroxyl groups excluding tert-OH is 1. The quantitative estimate of drug-likeness (QED) is 0.896. The molecule has 1 unspecified atom stereocenters. The van der Waals surface area contributed by atoms with Crippen LogP contribution in [0.4, 0.5) is 4.39 Å². The van der Waals surface area contributed by atoms with Crippen molar-refractivity contribution in [1.29, 1.82) is 0 Å². The highest BCUT2D eigenvalue weighted by Crippen LogP contribution is 2.26. The standard InChI is InChI=1S/C13H18BrFO2/c1-13(2,17-3)5-4-12(16)9-6-10(14)8-11(15)7-9/h6-8,12,16H,4-5H2,1-3H3. The molecule has 96 valence electrons. The van der Waals surface area contributed by atoms with Gasteiger partial charge in [-0.15, -0.1) is 0 Å². The smallest absolute Gasteiger partial charge is 0.124 e. The number of halogens is 2. The summed E-state index contributed by atoms with van der Waals surface area (Å²) in [5.74, 6) is -0.348. The number of hydrogen-bond donors (Lipinski definition) is 1. The second-order valence-electron chi connectivity index (χ2n) is 4.72. The van der Waals surface area contributed by atoms with Gasteiger partial charge in [0.25, 0.3) is 0 Å². The van der Waals surface area contributed by atoms with Crippen LogP contribution in [0.15, 0.2) is 22.7 Å². The van der Waals surface area contributed by atoms with E-state index in [0.717, 1.165) is 0 Å². The average molecular weight is 305 g/mol. The van der Waals surface area contributed by atoms with E-state index in [2.05, 4.69) is 15.9 Å². The highest BCUT2D eigenvalue weighted by atomic mass is 79.9. The first-order chi connectivity index (χ1) is 7.84. The molecule has 0 saturated heterocycles. The lowest BCUT2D eigenvalue weighted by Gasteiger charge is -2.24. The molecule has 1 aromatic rings. The maximum absolute atomic E-state index is 13.2. The zero-order chi connectivity index (χ0) is 13.1. The molecule has 0 heterocycles. The van der Waals surface area contributed by atoms with E-state index in [0.29, 0.717) is 22.9 Å². The summed E-state index contributed by atoms with van der Waals surface area (Å²) in [7, 11) is 1.64. The number of ether oxygens (including phenoxy) is 1. The third kappa shape index (κ3) is 4.74. The van der Waals surface area contributed by atoms with Crippen molar-refractivity contribution in [3.8, 4) is 0 Å². The normalized spacial score (nSPS) is 13.8. The van der Waals surface area contributed by atoms with Crippen LogP contribution in [0.5, 0.6) is 0 Å². The molecule has 1 rings (SSSR count). The number of benzene rings is 1. The summed E-state index contributed by atoms with van der Waals surface area (Å²) in [6, 6.07) is 4.46. The Balaban J connectivity index is 2.67. The van der Waals surface area contributed by atoms with E-state index in [1.165, 1.54) is 12.1 Å². The van der Waals surface area contributed by atoms with Crippen molar-refractivity contribution >= 4 is 15.9 Å². The van der Waals surface area contributed by atoms with E-state index >= 15 is 0 Å². The SMILES string of the molecule is COC(C)(C)CCC(O)c1cc(F)cc(Br)c1. The average Bonchev–Trinajstić information content (AvgIpc) is 2.24. The maximum atomic E-state index is 13.2. The third-order valence-electron chi connectivity index (χ3n) is 2.84. The van der Waals surface area contributed by atoms with Crippen LogP contribution in [0, 0.1) is 5.82 Å². The largest absolute Gasteiger partial charge is 0.388 e. The van der Waals surface area contributed by atoms with Gasteiger partial charge in [0.2, 0.25) is 0 Å². The Kier molecular flexibility index (Phi) is 5.10. The third-order valence-corrected chi connectivity index (χ3v) is 3.30. The van der Waals surface area contributed by atoms with Crippen molar-refractivity contribution in [2.45, 2.75) is 38.4 Å². The topological polar surface area (TPSA) is 29.5 Å². The molecule has 4 heteroatoms. The minimum atomic E-state index is -0.670. The van der Waals surface area contributed by atoms with Gasteiger partial charge in [-0.2, -0.15) is 0 Å². The van der Waals surface area contributed by atoms with Gasteiger partial charge >= 0.3 is 0 Å². The molecule has 0 aromatic heterocycles. The number of rotatable bonds is 5. The van der Waals surface area contributed by atoms with Gasteiger partial charge in [0.05, 0.1) is 11.7 Å². The van der Waals surface area contributed by atoms with E-state index < -0.39 is 6.10 Å². The van der Waals surface area contributed by atoms with Crippen LogP contribution >= 0.6 is 15.9 Å². The summed E-state index contributed by atoms with van der Waals surface area (Å²) in [6.07, 6.45) is 0.576. The molecule has 17 heavy (non-hydrogen) atoms.